The van der Waals surface area contributed by atoms with Crippen LogP contribution in [0.4, 0.5) is 0 Å². The molecule has 0 saturated carbocycles. The fraction of sp³-hybridized carbons (Fsp3) is 0.409. The lowest BCUT2D eigenvalue weighted by atomic mass is 9.78. The molecule has 158 valence electrons. The Labute approximate surface area is 179 Å². The minimum Gasteiger partial charge on any atom is -0.448 e. The van der Waals surface area contributed by atoms with Gasteiger partial charge in [0.2, 0.25) is 0 Å². The highest BCUT2D eigenvalue weighted by Crippen LogP contribution is 2.34. The molecule has 0 aliphatic carbocycles. The Morgan fingerprint density at radius 2 is 2.13 bits per heavy atom. The molecule has 3 heterocycles. The summed E-state index contributed by atoms with van der Waals surface area (Å²) >= 11 is 1.65. The summed E-state index contributed by atoms with van der Waals surface area (Å²) < 4.78 is 5.19. The van der Waals surface area contributed by atoms with E-state index in [-0.39, 0.29) is 11.6 Å². The number of rotatable bonds is 6. The molecule has 0 bridgehead atoms. The van der Waals surface area contributed by atoms with Crippen molar-refractivity contribution in [1.82, 2.24) is 20.2 Å². The predicted molar refractivity (Wildman–Crippen MR) is 114 cm³/mol. The van der Waals surface area contributed by atoms with Crippen LogP contribution in [0.2, 0.25) is 0 Å². The smallest absolute Gasteiger partial charge is 0.274 e. The van der Waals surface area contributed by atoms with Crippen LogP contribution in [-0.4, -0.2) is 51.6 Å². The SMILES string of the molecule is Cc1nc(C(=O)N[C@]2(c3ccccc3)CCN(CCc3csc(C)n3)C[C@H]2O)co1. The van der Waals surface area contributed by atoms with Gasteiger partial charge in [0.05, 0.1) is 22.3 Å². The number of hydrogen-bond donors (Lipinski definition) is 2. The molecule has 2 N–H and O–H groups in total. The average molecular weight is 427 g/mol. The number of aliphatic hydroxyl groups is 1. The molecule has 1 aromatic carbocycles. The van der Waals surface area contributed by atoms with Crippen LogP contribution in [0.3, 0.4) is 0 Å². The lowest BCUT2D eigenvalue weighted by molar-refractivity contribution is -0.0152. The van der Waals surface area contributed by atoms with Crippen molar-refractivity contribution in [2.75, 3.05) is 19.6 Å². The van der Waals surface area contributed by atoms with Crippen molar-refractivity contribution in [2.45, 2.75) is 38.3 Å². The summed E-state index contributed by atoms with van der Waals surface area (Å²) in [6, 6.07) is 9.67. The Bertz CT molecular complexity index is 1000. The maximum atomic E-state index is 12.9. The second-order valence-electron chi connectivity index (χ2n) is 7.72. The number of aliphatic hydroxyl groups excluding tert-OH is 1. The molecule has 8 heteroatoms. The van der Waals surface area contributed by atoms with Gasteiger partial charge in [-0.25, -0.2) is 9.97 Å². The van der Waals surface area contributed by atoms with Crippen LogP contribution >= 0.6 is 11.3 Å². The number of carbonyl (C=O) groups excluding carboxylic acids is 1. The maximum absolute atomic E-state index is 12.9. The monoisotopic (exact) mass is 426 g/mol. The second kappa shape index (κ2) is 8.67. The van der Waals surface area contributed by atoms with Crippen molar-refractivity contribution in [3.8, 4) is 0 Å². The van der Waals surface area contributed by atoms with E-state index in [2.05, 4.69) is 25.6 Å². The van der Waals surface area contributed by atoms with Gasteiger partial charge >= 0.3 is 0 Å². The third-order valence-electron chi connectivity index (χ3n) is 5.65. The highest BCUT2D eigenvalue weighted by Gasteiger charge is 2.45. The van der Waals surface area contributed by atoms with E-state index in [0.29, 0.717) is 18.9 Å². The van der Waals surface area contributed by atoms with Gasteiger partial charge in [0.15, 0.2) is 11.6 Å². The van der Waals surface area contributed by atoms with E-state index < -0.39 is 11.6 Å². The van der Waals surface area contributed by atoms with Crippen LogP contribution < -0.4 is 5.32 Å². The van der Waals surface area contributed by atoms with Crippen molar-refractivity contribution in [3.05, 3.63) is 69.8 Å². The Morgan fingerprint density at radius 1 is 1.33 bits per heavy atom. The van der Waals surface area contributed by atoms with Gasteiger partial charge in [-0.05, 0) is 18.9 Å². The molecular formula is C22H26N4O3S. The summed E-state index contributed by atoms with van der Waals surface area (Å²) in [4.78, 5) is 23.8. The Kier molecular flexibility index (Phi) is 5.99. The molecule has 3 aromatic rings. The number of oxazole rings is 1. The minimum absolute atomic E-state index is 0.219. The maximum Gasteiger partial charge on any atom is 0.274 e. The van der Waals surface area contributed by atoms with E-state index in [1.165, 1.54) is 6.26 Å². The van der Waals surface area contributed by atoms with Crippen molar-refractivity contribution in [2.24, 2.45) is 0 Å². The molecule has 1 amide bonds. The molecule has 1 aliphatic rings. The van der Waals surface area contributed by atoms with Gasteiger partial charge < -0.3 is 19.7 Å². The number of hydrogen-bond acceptors (Lipinski definition) is 7. The first-order valence-electron chi connectivity index (χ1n) is 10.1. The fourth-order valence-electron chi connectivity index (χ4n) is 4.02. The summed E-state index contributed by atoms with van der Waals surface area (Å²) in [5, 5.41) is 17.5. The molecule has 2 aromatic heterocycles. The van der Waals surface area contributed by atoms with Crippen LogP contribution in [0.15, 0.2) is 46.4 Å². The number of aromatic nitrogens is 2. The van der Waals surface area contributed by atoms with Crippen LogP contribution in [0, 0.1) is 13.8 Å². The molecule has 4 rings (SSSR count). The Hall–Kier alpha value is -2.55. The summed E-state index contributed by atoms with van der Waals surface area (Å²) in [6.45, 7) is 5.75. The standard InChI is InChI=1S/C22H26N4O3S/c1-15-23-19(13-29-15)21(28)25-22(17-6-4-3-5-7-17)9-11-26(12-20(22)27)10-8-18-14-30-16(2)24-18/h3-7,13-14,20,27H,8-12H2,1-2H3,(H,25,28)/t20-,22+/m1/s1. The number of amides is 1. The van der Waals surface area contributed by atoms with Crippen LogP contribution in [-0.2, 0) is 12.0 Å². The van der Waals surface area contributed by atoms with Gasteiger partial charge in [0, 0.05) is 38.4 Å². The molecule has 1 fully saturated rings. The fourth-order valence-corrected chi connectivity index (χ4v) is 4.66. The van der Waals surface area contributed by atoms with Crippen LogP contribution in [0.1, 0.15) is 39.1 Å². The van der Waals surface area contributed by atoms with E-state index in [1.54, 1.807) is 18.3 Å². The largest absolute Gasteiger partial charge is 0.448 e. The zero-order valence-electron chi connectivity index (χ0n) is 17.2. The first-order valence-corrected chi connectivity index (χ1v) is 11.0. The predicted octanol–water partition coefficient (Wildman–Crippen LogP) is 2.68. The Balaban J connectivity index is 1.51. The number of aryl methyl sites for hydroxylation is 2. The number of piperidine rings is 1. The number of carbonyl (C=O) groups is 1. The van der Waals surface area contributed by atoms with E-state index in [9.17, 15) is 9.90 Å². The van der Waals surface area contributed by atoms with Crippen molar-refractivity contribution in [3.63, 3.8) is 0 Å². The van der Waals surface area contributed by atoms with E-state index in [4.69, 9.17) is 4.42 Å². The topological polar surface area (TPSA) is 91.5 Å². The third kappa shape index (κ3) is 4.30. The molecule has 0 radical (unpaired) electrons. The number of nitrogens with zero attached hydrogens (tertiary/aromatic N) is 3. The van der Waals surface area contributed by atoms with E-state index in [0.717, 1.165) is 35.8 Å². The van der Waals surface area contributed by atoms with Crippen molar-refractivity contribution >= 4 is 17.2 Å². The molecule has 1 saturated heterocycles. The molecule has 2 atom stereocenters. The quantitative estimate of drug-likeness (QED) is 0.630. The lowest BCUT2D eigenvalue weighted by Crippen LogP contribution is -2.62. The van der Waals surface area contributed by atoms with Gasteiger partial charge in [0.25, 0.3) is 5.91 Å². The first-order chi connectivity index (χ1) is 14.5. The van der Waals surface area contributed by atoms with Crippen LogP contribution in [0.5, 0.6) is 0 Å². The number of benzene rings is 1. The summed E-state index contributed by atoms with van der Waals surface area (Å²) in [6.07, 6.45) is 2.03. The summed E-state index contributed by atoms with van der Waals surface area (Å²) in [5.74, 6) is 0.0858. The highest BCUT2D eigenvalue weighted by molar-refractivity contribution is 7.09. The van der Waals surface area contributed by atoms with Crippen molar-refractivity contribution in [1.29, 1.82) is 0 Å². The number of likely N-dealkylation sites (tertiary alicyclic amines) is 1. The van der Waals surface area contributed by atoms with Crippen LogP contribution in [0.25, 0.3) is 0 Å². The number of thiazole rings is 1. The van der Waals surface area contributed by atoms with E-state index in [1.807, 2.05) is 37.3 Å². The van der Waals surface area contributed by atoms with Gasteiger partial charge in [-0.3, -0.25) is 4.79 Å². The Morgan fingerprint density at radius 3 is 2.77 bits per heavy atom. The molecule has 1 aliphatic heterocycles. The zero-order valence-corrected chi connectivity index (χ0v) is 18.0. The van der Waals surface area contributed by atoms with Gasteiger partial charge in [-0.1, -0.05) is 30.3 Å². The average Bonchev–Trinajstić information content (AvgIpc) is 3.37. The van der Waals surface area contributed by atoms with Crippen molar-refractivity contribution < 1.29 is 14.3 Å². The number of nitrogens with one attached hydrogen (secondary N) is 1. The third-order valence-corrected chi connectivity index (χ3v) is 6.47. The molecule has 7 nitrogen and oxygen atoms in total. The van der Waals surface area contributed by atoms with Gasteiger partial charge in [0.1, 0.15) is 6.26 Å². The summed E-state index contributed by atoms with van der Waals surface area (Å²) in [7, 11) is 0. The molecule has 0 unspecified atom stereocenters. The first kappa shape index (κ1) is 20.7. The minimum atomic E-state index is -0.876. The summed E-state index contributed by atoms with van der Waals surface area (Å²) in [5.41, 5.74) is 1.32. The normalized spacial score (nSPS) is 22.2. The molecular weight excluding hydrogens is 400 g/mol. The zero-order chi connectivity index (χ0) is 21.1. The van der Waals surface area contributed by atoms with Gasteiger partial charge in [-0.2, -0.15) is 0 Å². The molecule has 0 spiro atoms. The van der Waals surface area contributed by atoms with E-state index >= 15 is 0 Å². The highest BCUT2D eigenvalue weighted by atomic mass is 32.1. The number of β-amino-alcohol motifs (C(OH)–C–C–N with tert-alkyl or cyclic N) is 1. The second-order valence-corrected chi connectivity index (χ2v) is 8.78. The lowest BCUT2D eigenvalue weighted by Gasteiger charge is -2.46. The van der Waals surface area contributed by atoms with Gasteiger partial charge in [-0.15, -0.1) is 11.3 Å². The molecule has 30 heavy (non-hydrogen) atoms.